The second-order valence-corrected chi connectivity index (χ2v) is 3.49. The van der Waals surface area contributed by atoms with Crippen LogP contribution in [0.2, 0.25) is 0 Å². The lowest BCUT2D eigenvalue weighted by molar-refractivity contribution is -0.137. The Labute approximate surface area is 85.7 Å². The van der Waals surface area contributed by atoms with Gasteiger partial charge in [0.15, 0.2) is 0 Å². The van der Waals surface area contributed by atoms with Gasteiger partial charge in [-0.05, 0) is 42.7 Å². The minimum atomic E-state index is -4.28. The van der Waals surface area contributed by atoms with Gasteiger partial charge in [0.1, 0.15) is 0 Å². The third kappa shape index (κ3) is 2.21. The van der Waals surface area contributed by atoms with Crippen LogP contribution in [0, 0.1) is 13.8 Å². The van der Waals surface area contributed by atoms with E-state index in [0.29, 0.717) is 11.1 Å². The average molecular weight is 223 g/mol. The van der Waals surface area contributed by atoms with E-state index in [1.165, 1.54) is 0 Å². The molecule has 0 aliphatic carbocycles. The highest BCUT2D eigenvalue weighted by Crippen LogP contribution is 2.32. The first kappa shape index (κ1) is 11.4. The summed E-state index contributed by atoms with van der Waals surface area (Å²) >= 11 is 5.62. The molecule has 4 heteroatoms. The molecule has 1 aromatic rings. The van der Waals surface area contributed by atoms with Crippen molar-refractivity contribution in [1.82, 2.24) is 0 Å². The number of benzene rings is 1. The van der Waals surface area contributed by atoms with E-state index in [9.17, 15) is 13.2 Å². The highest BCUT2D eigenvalue weighted by atomic mass is 35.5. The van der Waals surface area contributed by atoms with Crippen LogP contribution in [-0.4, -0.2) is 0 Å². The normalized spacial score (nSPS) is 11.9. The van der Waals surface area contributed by atoms with Crippen LogP contribution in [0.25, 0.3) is 0 Å². The first-order chi connectivity index (χ1) is 6.36. The zero-order valence-electron chi connectivity index (χ0n) is 7.87. The van der Waals surface area contributed by atoms with Crippen molar-refractivity contribution in [2.75, 3.05) is 0 Å². The Bertz CT molecular complexity index is 319. The maximum atomic E-state index is 12.4. The molecule has 0 radical (unpaired) electrons. The molecule has 0 aliphatic heterocycles. The number of rotatable bonds is 1. The Hall–Kier alpha value is -0.700. The van der Waals surface area contributed by atoms with E-state index >= 15 is 0 Å². The highest BCUT2D eigenvalue weighted by Gasteiger charge is 2.31. The number of hydrogen-bond donors (Lipinski definition) is 0. The van der Waals surface area contributed by atoms with Crippen molar-refractivity contribution in [1.29, 1.82) is 0 Å². The largest absolute Gasteiger partial charge is 0.416 e. The van der Waals surface area contributed by atoms with Gasteiger partial charge in [0.05, 0.1) is 5.56 Å². The van der Waals surface area contributed by atoms with Gasteiger partial charge in [-0.15, -0.1) is 11.6 Å². The van der Waals surface area contributed by atoms with E-state index in [1.54, 1.807) is 13.8 Å². The van der Waals surface area contributed by atoms with E-state index < -0.39 is 11.7 Å². The van der Waals surface area contributed by atoms with E-state index in [-0.39, 0.29) is 5.88 Å². The molecule has 0 saturated carbocycles. The van der Waals surface area contributed by atoms with E-state index in [1.807, 2.05) is 0 Å². The van der Waals surface area contributed by atoms with Gasteiger partial charge in [-0.2, -0.15) is 13.2 Å². The van der Waals surface area contributed by atoms with Crippen molar-refractivity contribution in [3.8, 4) is 0 Å². The lowest BCUT2D eigenvalue weighted by atomic mass is 10.0. The lowest BCUT2D eigenvalue weighted by Crippen LogP contribution is -2.07. The monoisotopic (exact) mass is 222 g/mol. The van der Waals surface area contributed by atoms with Crippen LogP contribution in [0.4, 0.5) is 13.2 Å². The molecule has 0 nitrogen and oxygen atoms in total. The molecular formula is C10H10ClF3. The standard InChI is InChI=1S/C10H10ClF3/c1-6-3-8(10(12,13)14)4-7(2)9(6)5-11/h3-4H,5H2,1-2H3. The zero-order chi connectivity index (χ0) is 10.9. The van der Waals surface area contributed by atoms with Crippen molar-refractivity contribution in [2.45, 2.75) is 25.9 Å². The van der Waals surface area contributed by atoms with Crippen molar-refractivity contribution in [3.05, 3.63) is 34.4 Å². The van der Waals surface area contributed by atoms with E-state index in [2.05, 4.69) is 0 Å². The SMILES string of the molecule is Cc1cc(C(F)(F)F)cc(C)c1CCl. The van der Waals surface area contributed by atoms with Crippen molar-refractivity contribution < 1.29 is 13.2 Å². The fourth-order valence-electron chi connectivity index (χ4n) is 1.37. The molecule has 0 bridgehead atoms. The number of halogens is 4. The second kappa shape index (κ2) is 3.81. The first-order valence-corrected chi connectivity index (χ1v) is 4.63. The Morgan fingerprint density at radius 3 is 1.86 bits per heavy atom. The summed E-state index contributed by atoms with van der Waals surface area (Å²) in [7, 11) is 0. The number of hydrogen-bond acceptors (Lipinski definition) is 0. The van der Waals surface area contributed by atoms with Crippen molar-refractivity contribution in [2.24, 2.45) is 0 Å². The van der Waals surface area contributed by atoms with Crippen molar-refractivity contribution in [3.63, 3.8) is 0 Å². The minimum Gasteiger partial charge on any atom is -0.166 e. The molecule has 0 aromatic heterocycles. The molecule has 0 heterocycles. The molecule has 0 saturated heterocycles. The molecule has 14 heavy (non-hydrogen) atoms. The second-order valence-electron chi connectivity index (χ2n) is 3.22. The fourth-order valence-corrected chi connectivity index (χ4v) is 1.79. The topological polar surface area (TPSA) is 0 Å². The van der Waals surface area contributed by atoms with Gasteiger partial charge in [0.25, 0.3) is 0 Å². The van der Waals surface area contributed by atoms with Crippen LogP contribution < -0.4 is 0 Å². The maximum absolute atomic E-state index is 12.4. The molecule has 0 spiro atoms. The Morgan fingerprint density at radius 1 is 1.14 bits per heavy atom. The third-order valence-corrected chi connectivity index (χ3v) is 2.42. The van der Waals surface area contributed by atoms with Gasteiger partial charge in [0.2, 0.25) is 0 Å². The van der Waals surface area contributed by atoms with E-state index in [0.717, 1.165) is 17.7 Å². The first-order valence-electron chi connectivity index (χ1n) is 4.09. The maximum Gasteiger partial charge on any atom is 0.416 e. The van der Waals surface area contributed by atoms with Crippen LogP contribution in [0.5, 0.6) is 0 Å². The van der Waals surface area contributed by atoms with Crippen LogP contribution in [0.15, 0.2) is 12.1 Å². The zero-order valence-corrected chi connectivity index (χ0v) is 8.63. The summed E-state index contributed by atoms with van der Waals surface area (Å²) < 4.78 is 37.1. The van der Waals surface area contributed by atoms with Gasteiger partial charge < -0.3 is 0 Å². The molecular weight excluding hydrogens is 213 g/mol. The Morgan fingerprint density at radius 2 is 1.57 bits per heavy atom. The Kier molecular flexibility index (Phi) is 3.10. The van der Waals surface area contributed by atoms with Crippen LogP contribution >= 0.6 is 11.6 Å². The quantitative estimate of drug-likeness (QED) is 0.629. The summed E-state index contributed by atoms with van der Waals surface area (Å²) in [5.41, 5.74) is 1.35. The molecule has 0 atom stereocenters. The van der Waals surface area contributed by atoms with Crippen LogP contribution in [-0.2, 0) is 12.1 Å². The molecule has 0 unspecified atom stereocenters. The lowest BCUT2D eigenvalue weighted by Gasteiger charge is -2.12. The molecule has 0 fully saturated rings. The summed E-state index contributed by atoms with van der Waals surface area (Å²) in [4.78, 5) is 0. The summed E-state index contributed by atoms with van der Waals surface area (Å²) in [6.45, 7) is 3.28. The van der Waals surface area contributed by atoms with Gasteiger partial charge >= 0.3 is 6.18 Å². The molecule has 0 N–H and O–H groups in total. The van der Waals surface area contributed by atoms with Gasteiger partial charge in [-0.3, -0.25) is 0 Å². The highest BCUT2D eigenvalue weighted by molar-refractivity contribution is 6.17. The van der Waals surface area contributed by atoms with Crippen molar-refractivity contribution >= 4 is 11.6 Å². The summed E-state index contributed by atoms with van der Waals surface area (Å²) in [6.07, 6.45) is -4.28. The molecule has 1 rings (SSSR count). The average Bonchev–Trinajstić information content (AvgIpc) is 2.01. The van der Waals surface area contributed by atoms with Gasteiger partial charge in [-0.25, -0.2) is 0 Å². The number of aryl methyl sites for hydroxylation is 2. The Balaban J connectivity index is 3.28. The molecule has 0 amide bonds. The molecule has 78 valence electrons. The minimum absolute atomic E-state index is 0.246. The summed E-state index contributed by atoms with van der Waals surface area (Å²) in [5.74, 6) is 0.246. The third-order valence-electron chi connectivity index (χ3n) is 2.16. The van der Waals surface area contributed by atoms with Crippen LogP contribution in [0.1, 0.15) is 22.3 Å². The van der Waals surface area contributed by atoms with Gasteiger partial charge in [0, 0.05) is 5.88 Å². The van der Waals surface area contributed by atoms with E-state index in [4.69, 9.17) is 11.6 Å². The van der Waals surface area contributed by atoms with Crippen LogP contribution in [0.3, 0.4) is 0 Å². The summed E-state index contributed by atoms with van der Waals surface area (Å²) in [6, 6.07) is 2.26. The molecule has 0 aliphatic rings. The smallest absolute Gasteiger partial charge is 0.166 e. The predicted molar refractivity (Wildman–Crippen MR) is 50.5 cm³/mol. The summed E-state index contributed by atoms with van der Waals surface area (Å²) in [5, 5.41) is 0. The predicted octanol–water partition coefficient (Wildman–Crippen LogP) is 4.06. The van der Waals surface area contributed by atoms with Gasteiger partial charge in [-0.1, -0.05) is 0 Å². The molecule has 1 aromatic carbocycles. The fraction of sp³-hybridized carbons (Fsp3) is 0.400. The number of alkyl halides is 4.